The van der Waals surface area contributed by atoms with Crippen molar-refractivity contribution in [3.63, 3.8) is 0 Å². The molecule has 0 radical (unpaired) electrons. The summed E-state index contributed by atoms with van der Waals surface area (Å²) in [6.07, 6.45) is 1.72. The predicted octanol–water partition coefficient (Wildman–Crippen LogP) is 1.74. The number of nitrogens with one attached hydrogen (secondary N) is 1. The molecule has 21 heavy (non-hydrogen) atoms. The summed E-state index contributed by atoms with van der Waals surface area (Å²) in [5.74, 6) is 1.66. The third-order valence-electron chi connectivity index (χ3n) is 5.01. The molecule has 0 saturated carbocycles. The van der Waals surface area contributed by atoms with Crippen molar-refractivity contribution in [2.24, 2.45) is 11.8 Å². The number of nitrogens with zero attached hydrogens (tertiary/aromatic N) is 4. The zero-order valence-electron chi connectivity index (χ0n) is 11.9. The van der Waals surface area contributed by atoms with E-state index in [1.54, 1.807) is 10.6 Å². The van der Waals surface area contributed by atoms with Gasteiger partial charge in [0.2, 0.25) is 5.82 Å². The van der Waals surface area contributed by atoms with Crippen LogP contribution in [0.3, 0.4) is 0 Å². The predicted molar refractivity (Wildman–Crippen MR) is 81.0 cm³/mol. The van der Waals surface area contributed by atoms with Crippen molar-refractivity contribution in [2.45, 2.75) is 19.4 Å². The van der Waals surface area contributed by atoms with Gasteiger partial charge in [0.15, 0.2) is 0 Å². The molecule has 2 saturated heterocycles. The summed E-state index contributed by atoms with van der Waals surface area (Å²) in [5.41, 5.74) is -0.122. The second-order valence-corrected chi connectivity index (χ2v) is 7.23. The van der Waals surface area contributed by atoms with Crippen molar-refractivity contribution in [1.29, 1.82) is 0 Å². The van der Waals surface area contributed by atoms with Crippen molar-refractivity contribution in [1.82, 2.24) is 14.7 Å². The maximum atomic E-state index is 11.5. The molecule has 7 nitrogen and oxygen atoms in total. The molecule has 112 valence electrons. The van der Waals surface area contributed by atoms with E-state index in [0.29, 0.717) is 22.6 Å². The van der Waals surface area contributed by atoms with E-state index in [4.69, 9.17) is 0 Å². The lowest BCUT2D eigenvalue weighted by atomic mass is 9.85. The van der Waals surface area contributed by atoms with E-state index >= 15 is 0 Å². The Morgan fingerprint density at radius 1 is 1.52 bits per heavy atom. The van der Waals surface area contributed by atoms with Gasteiger partial charge in [-0.05, 0) is 30.6 Å². The lowest BCUT2D eigenvalue weighted by Crippen LogP contribution is -2.45. The number of nitro groups is 1. The molecule has 1 N–H and O–H groups in total. The molecule has 2 aromatic heterocycles. The monoisotopic (exact) mass is 307 g/mol. The zero-order chi connectivity index (χ0) is 14.8. The molecule has 0 spiro atoms. The third kappa shape index (κ3) is 1.66. The van der Waals surface area contributed by atoms with Crippen molar-refractivity contribution >= 4 is 27.9 Å². The molecule has 0 amide bonds. The Balaban J connectivity index is 1.85. The van der Waals surface area contributed by atoms with Crippen LogP contribution in [0.2, 0.25) is 0 Å². The van der Waals surface area contributed by atoms with E-state index < -0.39 is 0 Å². The van der Waals surface area contributed by atoms with Gasteiger partial charge in [-0.3, -0.25) is 0 Å². The second kappa shape index (κ2) is 4.17. The Bertz CT molecular complexity index is 721. The van der Waals surface area contributed by atoms with E-state index in [2.05, 4.69) is 29.0 Å². The summed E-state index contributed by atoms with van der Waals surface area (Å²) < 4.78 is 1.59. The minimum Gasteiger partial charge on any atom is -0.358 e. The number of imidazole rings is 1. The average molecular weight is 307 g/mol. The quantitative estimate of drug-likeness (QED) is 0.675. The number of rotatable bonds is 2. The van der Waals surface area contributed by atoms with Crippen LogP contribution >= 0.6 is 11.3 Å². The van der Waals surface area contributed by atoms with Gasteiger partial charge in [-0.2, -0.15) is 9.38 Å². The van der Waals surface area contributed by atoms with Gasteiger partial charge in [0.1, 0.15) is 6.20 Å². The number of anilines is 1. The summed E-state index contributed by atoms with van der Waals surface area (Å²) in [6, 6.07) is 0. The highest BCUT2D eigenvalue weighted by atomic mass is 32.1. The lowest BCUT2D eigenvalue weighted by Gasteiger charge is -2.35. The summed E-state index contributed by atoms with van der Waals surface area (Å²) in [6.45, 7) is 7.13. The maximum absolute atomic E-state index is 11.5. The van der Waals surface area contributed by atoms with Gasteiger partial charge in [-0.1, -0.05) is 11.3 Å². The molecule has 0 aromatic carbocycles. The highest BCUT2D eigenvalue weighted by Gasteiger charge is 2.52. The third-order valence-corrected chi connectivity index (χ3v) is 5.76. The SMILES string of the molecule is CC1(C)C2CNCC2CN1c1nc2sccn2c1[N+](=O)[O-]. The normalized spacial score (nSPS) is 27.4. The smallest absolute Gasteiger partial charge is 0.358 e. The number of hydrogen-bond donors (Lipinski definition) is 1. The number of thiazole rings is 1. The van der Waals surface area contributed by atoms with E-state index in [0.717, 1.165) is 19.6 Å². The van der Waals surface area contributed by atoms with Crippen LogP contribution in [0.15, 0.2) is 11.6 Å². The minimum absolute atomic E-state index is 0.0901. The van der Waals surface area contributed by atoms with Crippen molar-refractivity contribution in [3.05, 3.63) is 21.7 Å². The van der Waals surface area contributed by atoms with Crippen molar-refractivity contribution in [3.8, 4) is 0 Å². The Morgan fingerprint density at radius 2 is 2.33 bits per heavy atom. The van der Waals surface area contributed by atoms with E-state index in [1.165, 1.54) is 11.3 Å². The minimum atomic E-state index is -0.315. The Kier molecular flexibility index (Phi) is 2.59. The number of hydrogen-bond acceptors (Lipinski definition) is 6. The second-order valence-electron chi connectivity index (χ2n) is 6.36. The highest BCUT2D eigenvalue weighted by Crippen LogP contribution is 2.45. The topological polar surface area (TPSA) is 75.7 Å². The van der Waals surface area contributed by atoms with Crippen LogP contribution in [-0.2, 0) is 0 Å². The number of aromatic nitrogens is 2. The summed E-state index contributed by atoms with van der Waals surface area (Å²) in [7, 11) is 0. The molecule has 0 aliphatic carbocycles. The molecular formula is C13H17N5O2S. The Hall–Kier alpha value is -1.67. The fourth-order valence-electron chi connectivity index (χ4n) is 3.89. The summed E-state index contributed by atoms with van der Waals surface area (Å²) in [4.78, 5) is 18.6. The summed E-state index contributed by atoms with van der Waals surface area (Å²) in [5, 5.41) is 16.8. The Morgan fingerprint density at radius 3 is 3.05 bits per heavy atom. The Labute approximate surface area is 125 Å². The first-order chi connectivity index (χ1) is 10.00. The molecular weight excluding hydrogens is 290 g/mol. The van der Waals surface area contributed by atoms with Gasteiger partial charge in [0.05, 0.1) is 0 Å². The van der Waals surface area contributed by atoms with Crippen molar-refractivity contribution in [2.75, 3.05) is 24.5 Å². The van der Waals surface area contributed by atoms with Gasteiger partial charge in [-0.15, -0.1) is 0 Å². The fraction of sp³-hybridized carbons (Fsp3) is 0.615. The van der Waals surface area contributed by atoms with E-state index in [1.807, 2.05) is 5.38 Å². The maximum Gasteiger partial charge on any atom is 0.373 e. The van der Waals surface area contributed by atoms with Crippen LogP contribution in [0.25, 0.3) is 4.96 Å². The number of fused-ring (bicyclic) bond motifs is 2. The van der Waals surface area contributed by atoms with Crippen LogP contribution in [-0.4, -0.2) is 39.5 Å². The molecule has 4 rings (SSSR count). The zero-order valence-corrected chi connectivity index (χ0v) is 12.8. The van der Waals surface area contributed by atoms with Gasteiger partial charge in [-0.25, -0.2) is 0 Å². The summed E-state index contributed by atoms with van der Waals surface area (Å²) >= 11 is 1.43. The first-order valence-electron chi connectivity index (χ1n) is 7.08. The van der Waals surface area contributed by atoms with Gasteiger partial charge in [0.25, 0.3) is 4.96 Å². The van der Waals surface area contributed by atoms with Crippen LogP contribution in [0.1, 0.15) is 13.8 Å². The van der Waals surface area contributed by atoms with Gasteiger partial charge >= 0.3 is 5.82 Å². The van der Waals surface area contributed by atoms with E-state index in [9.17, 15) is 10.1 Å². The molecule has 2 fully saturated rings. The van der Waals surface area contributed by atoms with Crippen LogP contribution in [0.5, 0.6) is 0 Å². The van der Waals surface area contributed by atoms with E-state index in [-0.39, 0.29) is 16.3 Å². The molecule has 2 aliphatic heterocycles. The fourth-order valence-corrected chi connectivity index (χ4v) is 4.60. The molecule has 2 aliphatic rings. The van der Waals surface area contributed by atoms with Crippen LogP contribution < -0.4 is 10.2 Å². The van der Waals surface area contributed by atoms with Crippen LogP contribution in [0, 0.1) is 22.0 Å². The average Bonchev–Trinajstić information content (AvgIpc) is 3.10. The first kappa shape index (κ1) is 13.0. The van der Waals surface area contributed by atoms with Gasteiger partial charge in [0, 0.05) is 30.6 Å². The van der Waals surface area contributed by atoms with Crippen molar-refractivity contribution < 1.29 is 4.92 Å². The molecule has 4 heterocycles. The molecule has 2 atom stereocenters. The van der Waals surface area contributed by atoms with Gasteiger partial charge < -0.3 is 20.3 Å². The molecule has 0 bridgehead atoms. The van der Waals surface area contributed by atoms with Crippen LogP contribution in [0.4, 0.5) is 11.6 Å². The lowest BCUT2D eigenvalue weighted by molar-refractivity contribution is -0.389. The standard InChI is InChI=1S/C13H17N5O2S/c1-13(2)9-6-14-5-8(9)7-17(13)10-11(18(19)20)16-3-4-21-12(16)15-10/h3-4,8-9,14H,5-7H2,1-2H3. The highest BCUT2D eigenvalue weighted by molar-refractivity contribution is 7.15. The molecule has 8 heteroatoms. The first-order valence-corrected chi connectivity index (χ1v) is 7.96. The molecule has 2 aromatic rings. The largest absolute Gasteiger partial charge is 0.373 e. The molecule has 2 unspecified atom stereocenters.